The van der Waals surface area contributed by atoms with E-state index in [-0.39, 0.29) is 11.6 Å². The van der Waals surface area contributed by atoms with Gasteiger partial charge in [0.1, 0.15) is 0 Å². The molecule has 0 bridgehead atoms. The third kappa shape index (κ3) is 7.04. The van der Waals surface area contributed by atoms with E-state index in [1.807, 2.05) is 25.4 Å². The van der Waals surface area contributed by atoms with Gasteiger partial charge < -0.3 is 15.5 Å². The molecule has 1 aliphatic rings. The molecule has 0 saturated carbocycles. The summed E-state index contributed by atoms with van der Waals surface area (Å²) in [4.78, 5) is 22.0. The molecule has 41 heavy (non-hydrogen) atoms. The van der Waals surface area contributed by atoms with Crippen molar-refractivity contribution in [2.75, 3.05) is 43.9 Å². The first kappa shape index (κ1) is 28.6. The first-order valence-corrected chi connectivity index (χ1v) is 13.6. The average molecular weight is 566 g/mol. The maximum absolute atomic E-state index is 13.8. The summed E-state index contributed by atoms with van der Waals surface area (Å²) in [7, 11) is 2.03. The van der Waals surface area contributed by atoms with Gasteiger partial charge in [0.25, 0.3) is 5.91 Å². The van der Waals surface area contributed by atoms with E-state index in [9.17, 15) is 18.0 Å². The van der Waals surface area contributed by atoms with Crippen molar-refractivity contribution in [1.82, 2.24) is 24.4 Å². The van der Waals surface area contributed by atoms with Crippen LogP contribution in [0.1, 0.15) is 52.4 Å². The minimum Gasteiger partial charge on any atom is -0.378 e. The molecule has 0 aliphatic carbocycles. The van der Waals surface area contributed by atoms with Gasteiger partial charge in [0.05, 0.1) is 29.8 Å². The molecule has 1 saturated heterocycles. The molecule has 8 nitrogen and oxygen atoms in total. The number of likely N-dealkylation sites (N-methyl/N-ethyl adjacent to an activating group) is 1. The molecule has 0 spiro atoms. The normalized spacial score (nSPS) is 15.0. The van der Waals surface area contributed by atoms with Crippen molar-refractivity contribution in [1.29, 1.82) is 0 Å². The van der Waals surface area contributed by atoms with Crippen molar-refractivity contribution >= 4 is 22.9 Å². The van der Waals surface area contributed by atoms with Crippen molar-refractivity contribution in [3.05, 3.63) is 88.9 Å². The van der Waals surface area contributed by atoms with Gasteiger partial charge in [0.2, 0.25) is 0 Å². The summed E-state index contributed by atoms with van der Waals surface area (Å²) in [5.41, 5.74) is 3.71. The highest BCUT2D eigenvalue weighted by molar-refractivity contribution is 6.04. The van der Waals surface area contributed by atoms with Gasteiger partial charge in [0.15, 0.2) is 5.65 Å². The predicted molar refractivity (Wildman–Crippen MR) is 153 cm³/mol. The minimum absolute atomic E-state index is 0.125. The van der Waals surface area contributed by atoms with E-state index in [1.54, 1.807) is 35.1 Å². The van der Waals surface area contributed by atoms with Crippen LogP contribution in [0.25, 0.3) is 5.65 Å². The monoisotopic (exact) mass is 565 g/mol. The number of alkyl halides is 3. The first-order chi connectivity index (χ1) is 19.5. The number of piperazine rings is 1. The number of nitrogens with one attached hydrogen (secondary N) is 2. The first-order valence-electron chi connectivity index (χ1n) is 13.6. The molecule has 5 rings (SSSR count). The highest BCUT2D eigenvalue weighted by Crippen LogP contribution is 2.33. The van der Waals surface area contributed by atoms with Crippen molar-refractivity contribution in [2.24, 2.45) is 0 Å². The lowest BCUT2D eigenvalue weighted by atomic mass is 9.95. The van der Waals surface area contributed by atoms with E-state index in [0.29, 0.717) is 24.2 Å². The van der Waals surface area contributed by atoms with Crippen LogP contribution in [0.2, 0.25) is 0 Å². The van der Waals surface area contributed by atoms with Crippen molar-refractivity contribution in [3.63, 3.8) is 0 Å². The quantitative estimate of drug-likeness (QED) is 0.295. The van der Waals surface area contributed by atoms with Crippen LogP contribution in [0.5, 0.6) is 0 Å². The highest BCUT2D eigenvalue weighted by atomic mass is 19.4. The summed E-state index contributed by atoms with van der Waals surface area (Å²) in [5, 5.41) is 10.3. The Hall–Kier alpha value is -3.96. The molecule has 4 aromatic rings. The van der Waals surface area contributed by atoms with Crippen LogP contribution in [0.4, 0.5) is 24.5 Å². The summed E-state index contributed by atoms with van der Waals surface area (Å²) in [6.45, 7) is 8.24. The van der Waals surface area contributed by atoms with Gasteiger partial charge in [-0.3, -0.25) is 9.69 Å². The van der Waals surface area contributed by atoms with Gasteiger partial charge in [-0.05, 0) is 60.0 Å². The molecular formula is C30H34F3N7O. The zero-order chi connectivity index (χ0) is 29.1. The molecular weight excluding hydrogens is 531 g/mol. The zero-order valence-electron chi connectivity index (χ0n) is 23.4. The Morgan fingerprint density at radius 2 is 1.80 bits per heavy atom. The maximum Gasteiger partial charge on any atom is 0.416 e. The van der Waals surface area contributed by atoms with E-state index < -0.39 is 17.6 Å². The number of carbonyl (C=O) groups is 1. The molecule has 216 valence electrons. The van der Waals surface area contributed by atoms with E-state index in [4.69, 9.17) is 0 Å². The molecule has 0 atom stereocenters. The summed E-state index contributed by atoms with van der Waals surface area (Å²) >= 11 is 0. The highest BCUT2D eigenvalue weighted by Gasteiger charge is 2.31. The van der Waals surface area contributed by atoms with Crippen LogP contribution in [0, 0.1) is 0 Å². The lowest BCUT2D eigenvalue weighted by Crippen LogP contribution is -2.43. The molecule has 1 fully saturated rings. The predicted octanol–water partition coefficient (Wildman–Crippen LogP) is 5.48. The van der Waals surface area contributed by atoms with Crippen molar-refractivity contribution in [3.8, 4) is 0 Å². The van der Waals surface area contributed by atoms with Gasteiger partial charge in [0, 0.05) is 56.6 Å². The zero-order valence-corrected chi connectivity index (χ0v) is 23.4. The number of fused-ring (bicyclic) bond motifs is 1. The molecule has 11 heteroatoms. The molecule has 3 heterocycles. The maximum atomic E-state index is 13.8. The van der Waals surface area contributed by atoms with E-state index >= 15 is 0 Å². The van der Waals surface area contributed by atoms with Crippen LogP contribution in [0.3, 0.4) is 0 Å². The van der Waals surface area contributed by atoms with Crippen molar-refractivity contribution < 1.29 is 18.0 Å². The average Bonchev–Trinajstić information content (AvgIpc) is 3.40. The van der Waals surface area contributed by atoms with Gasteiger partial charge >= 0.3 is 6.18 Å². The third-order valence-corrected chi connectivity index (χ3v) is 7.34. The second-order valence-electron chi connectivity index (χ2n) is 10.8. The Morgan fingerprint density at radius 3 is 2.54 bits per heavy atom. The van der Waals surface area contributed by atoms with E-state index in [1.165, 1.54) is 6.07 Å². The SMILES string of the molecule is CC(C)c1ccc(C(=O)Nc2cc(CN3CCN(C)CC3)cc(C(F)(F)F)c2)cc1CNc1cnc2ccnn2c1. The number of nitrogens with zero attached hydrogens (tertiary/aromatic N) is 5. The number of carbonyl (C=O) groups excluding carboxylic acids is 1. The summed E-state index contributed by atoms with van der Waals surface area (Å²) in [6.07, 6.45) is 0.700. The van der Waals surface area contributed by atoms with Crippen molar-refractivity contribution in [2.45, 2.75) is 39.0 Å². The van der Waals surface area contributed by atoms with E-state index in [0.717, 1.165) is 54.7 Å². The molecule has 1 amide bonds. The van der Waals surface area contributed by atoms with E-state index in [2.05, 4.69) is 44.4 Å². The fourth-order valence-corrected chi connectivity index (χ4v) is 5.05. The minimum atomic E-state index is -4.52. The second-order valence-corrected chi connectivity index (χ2v) is 10.8. The van der Waals surface area contributed by atoms with Gasteiger partial charge in [-0.1, -0.05) is 19.9 Å². The number of amides is 1. The smallest absolute Gasteiger partial charge is 0.378 e. The van der Waals surface area contributed by atoms with Crippen LogP contribution in [-0.4, -0.2) is 63.5 Å². The van der Waals surface area contributed by atoms with Crippen LogP contribution in [0.15, 0.2) is 61.1 Å². The number of aromatic nitrogens is 3. The number of rotatable bonds is 8. The molecule has 0 unspecified atom stereocenters. The Balaban J connectivity index is 1.35. The Bertz CT molecular complexity index is 1520. The number of halogens is 3. The van der Waals surface area contributed by atoms with Gasteiger partial charge in [-0.2, -0.15) is 18.3 Å². The lowest BCUT2D eigenvalue weighted by Gasteiger charge is -2.32. The molecule has 1 aliphatic heterocycles. The Morgan fingerprint density at radius 1 is 1.02 bits per heavy atom. The number of anilines is 2. The topological polar surface area (TPSA) is 77.8 Å². The second kappa shape index (κ2) is 11.9. The number of hydrogen-bond acceptors (Lipinski definition) is 6. The van der Waals surface area contributed by atoms with Crippen LogP contribution in [-0.2, 0) is 19.3 Å². The molecule has 2 aromatic heterocycles. The fraction of sp³-hybridized carbons (Fsp3) is 0.367. The molecule has 2 aromatic carbocycles. The van der Waals surface area contributed by atoms with Gasteiger partial charge in [-0.25, -0.2) is 9.50 Å². The Labute approximate surface area is 237 Å². The van der Waals surface area contributed by atoms with Gasteiger partial charge in [-0.15, -0.1) is 0 Å². The lowest BCUT2D eigenvalue weighted by molar-refractivity contribution is -0.137. The van der Waals surface area contributed by atoms with Crippen LogP contribution < -0.4 is 10.6 Å². The Kier molecular flexibility index (Phi) is 8.27. The standard InChI is InChI=1S/C30H34F3N7O/c1-20(2)27-5-4-22(14-23(27)16-34-26-17-35-28-6-7-36-40(28)19-26)29(41)37-25-13-21(12-24(15-25)30(31,32)33)18-39-10-8-38(3)9-11-39/h4-7,12-15,17,19-20,34H,8-11,16,18H2,1-3H3,(H,37,41). The molecule has 0 radical (unpaired) electrons. The third-order valence-electron chi connectivity index (χ3n) is 7.34. The largest absolute Gasteiger partial charge is 0.416 e. The summed E-state index contributed by atoms with van der Waals surface area (Å²) in [6, 6.07) is 11.0. The molecule has 2 N–H and O–H groups in total. The summed E-state index contributed by atoms with van der Waals surface area (Å²) < 4.78 is 42.9. The number of hydrogen-bond donors (Lipinski definition) is 2. The van der Waals surface area contributed by atoms with Crippen LogP contribution >= 0.6 is 0 Å². The fourth-order valence-electron chi connectivity index (χ4n) is 5.05. The summed E-state index contributed by atoms with van der Waals surface area (Å²) in [5.74, 6) is -0.262. The number of benzene rings is 2.